The van der Waals surface area contributed by atoms with Crippen molar-refractivity contribution < 1.29 is 27.8 Å². The lowest BCUT2D eigenvalue weighted by Crippen LogP contribution is -2.40. The van der Waals surface area contributed by atoms with Crippen molar-refractivity contribution in [3.63, 3.8) is 0 Å². The van der Waals surface area contributed by atoms with Gasteiger partial charge in [-0.25, -0.2) is 9.79 Å². The molecule has 0 bridgehead atoms. The Kier molecular flexibility index (Phi) is 8.63. The van der Waals surface area contributed by atoms with Crippen molar-refractivity contribution in [3.8, 4) is 11.5 Å². The molecule has 4 aromatic rings. The van der Waals surface area contributed by atoms with Gasteiger partial charge in [-0.15, -0.1) is 0 Å². The SMILES string of the molecule is CCOC(=O)C1=C(c2ccccc2)N=c2s/c(=C\c3ccc(OC(F)F)cc3)c(=O)n2[C@@H]1c1ccc(OC(C)C)cc1. The summed E-state index contributed by atoms with van der Waals surface area (Å²) < 4.78 is 42.7. The fourth-order valence-corrected chi connectivity index (χ4v) is 5.65. The van der Waals surface area contributed by atoms with Gasteiger partial charge in [-0.2, -0.15) is 8.78 Å². The lowest BCUT2D eigenvalue weighted by atomic mass is 9.93. The minimum atomic E-state index is -2.93. The standard InChI is InChI=1S/C32H28F2N2O5S/c1-4-39-30(38)26-27(21-8-6-5-7-9-21)35-32-36(28(26)22-12-16-23(17-13-22)40-19(2)3)29(37)25(42-32)18-20-10-14-24(15-11-20)41-31(33)34/h5-19,28,31H,4H2,1-3H3/b25-18-/t28-/m1/s1. The molecule has 0 aliphatic carbocycles. The number of alkyl halides is 2. The van der Waals surface area contributed by atoms with Gasteiger partial charge in [0.1, 0.15) is 11.5 Å². The average Bonchev–Trinajstić information content (AvgIpc) is 3.28. The lowest BCUT2D eigenvalue weighted by molar-refractivity contribution is -0.138. The Labute approximate surface area is 244 Å². The second-order valence-electron chi connectivity index (χ2n) is 9.61. The number of hydrogen-bond donors (Lipinski definition) is 0. The zero-order valence-corrected chi connectivity index (χ0v) is 23.9. The predicted octanol–water partition coefficient (Wildman–Crippen LogP) is 5.32. The number of ether oxygens (including phenoxy) is 3. The Hall–Kier alpha value is -4.57. The van der Waals surface area contributed by atoms with Crippen molar-refractivity contribution in [2.24, 2.45) is 4.99 Å². The van der Waals surface area contributed by atoms with Gasteiger partial charge in [0.05, 0.1) is 34.6 Å². The normalized spacial score (nSPS) is 15.0. The lowest BCUT2D eigenvalue weighted by Gasteiger charge is -2.26. The van der Waals surface area contributed by atoms with Crippen LogP contribution in [0.25, 0.3) is 11.8 Å². The number of carbonyl (C=O) groups is 1. The van der Waals surface area contributed by atoms with Crippen LogP contribution >= 0.6 is 11.3 Å². The maximum atomic E-state index is 14.0. The zero-order valence-electron chi connectivity index (χ0n) is 23.1. The third kappa shape index (κ3) is 6.18. The van der Waals surface area contributed by atoms with Crippen molar-refractivity contribution in [3.05, 3.63) is 121 Å². The maximum Gasteiger partial charge on any atom is 0.387 e. The van der Waals surface area contributed by atoms with Crippen molar-refractivity contribution in [1.29, 1.82) is 0 Å². The molecule has 7 nitrogen and oxygen atoms in total. The second kappa shape index (κ2) is 12.5. The third-order valence-corrected chi connectivity index (χ3v) is 7.33. The first-order chi connectivity index (χ1) is 20.2. The van der Waals surface area contributed by atoms with Gasteiger partial charge in [0.2, 0.25) is 0 Å². The number of fused-ring (bicyclic) bond motifs is 1. The van der Waals surface area contributed by atoms with E-state index < -0.39 is 18.6 Å². The summed E-state index contributed by atoms with van der Waals surface area (Å²) in [6.07, 6.45) is 1.63. The smallest absolute Gasteiger partial charge is 0.387 e. The Morgan fingerprint density at radius 3 is 2.24 bits per heavy atom. The molecule has 10 heteroatoms. The molecule has 2 heterocycles. The Balaban J connectivity index is 1.72. The van der Waals surface area contributed by atoms with Crippen molar-refractivity contribution in [1.82, 2.24) is 4.57 Å². The van der Waals surface area contributed by atoms with Crippen molar-refractivity contribution in [2.45, 2.75) is 39.5 Å². The highest BCUT2D eigenvalue weighted by Crippen LogP contribution is 2.35. The minimum absolute atomic E-state index is 0.0140. The summed E-state index contributed by atoms with van der Waals surface area (Å²) in [6.45, 7) is 2.80. The summed E-state index contributed by atoms with van der Waals surface area (Å²) in [5, 5.41) is 0. The van der Waals surface area contributed by atoms with E-state index in [2.05, 4.69) is 4.74 Å². The van der Waals surface area contributed by atoms with E-state index in [-0.39, 0.29) is 29.6 Å². The van der Waals surface area contributed by atoms with E-state index >= 15 is 0 Å². The average molecular weight is 591 g/mol. The summed E-state index contributed by atoms with van der Waals surface area (Å²) in [6, 6.07) is 21.7. The maximum absolute atomic E-state index is 14.0. The molecule has 1 atom stereocenters. The Morgan fingerprint density at radius 1 is 0.976 bits per heavy atom. The number of hydrogen-bond acceptors (Lipinski definition) is 7. The van der Waals surface area contributed by atoms with E-state index in [0.717, 1.165) is 0 Å². The van der Waals surface area contributed by atoms with Crippen LogP contribution in [0.1, 0.15) is 43.5 Å². The van der Waals surface area contributed by atoms with Crippen LogP contribution in [0.15, 0.2) is 94.2 Å². The molecular formula is C32H28F2N2O5S. The number of halogens is 2. The highest BCUT2D eigenvalue weighted by molar-refractivity contribution is 7.07. The van der Waals surface area contributed by atoms with Gasteiger partial charge in [-0.3, -0.25) is 9.36 Å². The number of aromatic nitrogens is 1. The van der Waals surface area contributed by atoms with Gasteiger partial charge >= 0.3 is 12.6 Å². The van der Waals surface area contributed by atoms with Gasteiger partial charge in [0.25, 0.3) is 5.56 Å². The van der Waals surface area contributed by atoms with E-state index in [4.69, 9.17) is 14.5 Å². The van der Waals surface area contributed by atoms with E-state index in [1.54, 1.807) is 37.3 Å². The van der Waals surface area contributed by atoms with Crippen LogP contribution in [0, 0.1) is 0 Å². The molecule has 0 fully saturated rings. The van der Waals surface area contributed by atoms with Gasteiger partial charge in [0, 0.05) is 5.56 Å². The molecule has 1 aliphatic heterocycles. The first-order valence-electron chi connectivity index (χ1n) is 13.3. The monoisotopic (exact) mass is 590 g/mol. The van der Waals surface area contributed by atoms with Gasteiger partial charge in [-0.05, 0) is 62.2 Å². The Morgan fingerprint density at radius 2 is 1.62 bits per heavy atom. The molecular weight excluding hydrogens is 562 g/mol. The van der Waals surface area contributed by atoms with Crippen LogP contribution < -0.4 is 24.4 Å². The van der Waals surface area contributed by atoms with Crippen LogP contribution in [-0.2, 0) is 9.53 Å². The first kappa shape index (κ1) is 28.9. The molecule has 1 aromatic heterocycles. The van der Waals surface area contributed by atoms with Gasteiger partial charge in [-0.1, -0.05) is 65.9 Å². The molecule has 0 radical (unpaired) electrons. The van der Waals surface area contributed by atoms with E-state index in [1.165, 1.54) is 28.0 Å². The van der Waals surface area contributed by atoms with E-state index in [1.807, 2.05) is 56.3 Å². The predicted molar refractivity (Wildman–Crippen MR) is 156 cm³/mol. The molecule has 0 saturated carbocycles. The third-order valence-electron chi connectivity index (χ3n) is 6.34. The fourth-order valence-electron chi connectivity index (χ4n) is 4.65. The molecule has 0 unspecified atom stereocenters. The molecule has 0 saturated heterocycles. The highest BCUT2D eigenvalue weighted by Gasteiger charge is 2.35. The largest absolute Gasteiger partial charge is 0.491 e. The summed E-state index contributed by atoms with van der Waals surface area (Å²) in [5.74, 6) is 0.0990. The number of nitrogens with zero attached hydrogens (tertiary/aromatic N) is 2. The summed E-state index contributed by atoms with van der Waals surface area (Å²) in [4.78, 5) is 32.7. The minimum Gasteiger partial charge on any atom is -0.491 e. The molecule has 216 valence electrons. The van der Waals surface area contributed by atoms with Crippen LogP contribution in [0.2, 0.25) is 0 Å². The van der Waals surface area contributed by atoms with Crippen LogP contribution in [0.3, 0.4) is 0 Å². The second-order valence-corrected chi connectivity index (χ2v) is 10.6. The highest BCUT2D eigenvalue weighted by atomic mass is 32.1. The number of carbonyl (C=O) groups excluding carboxylic acids is 1. The van der Waals surface area contributed by atoms with Crippen molar-refractivity contribution >= 4 is 29.1 Å². The fraction of sp³-hybridized carbons (Fsp3) is 0.219. The molecule has 3 aromatic carbocycles. The molecule has 0 N–H and O–H groups in total. The summed E-state index contributed by atoms with van der Waals surface area (Å²) >= 11 is 1.17. The number of rotatable bonds is 9. The van der Waals surface area contributed by atoms with Crippen LogP contribution in [0.4, 0.5) is 8.78 Å². The van der Waals surface area contributed by atoms with Crippen molar-refractivity contribution in [2.75, 3.05) is 6.61 Å². The topological polar surface area (TPSA) is 79.1 Å². The van der Waals surface area contributed by atoms with Crippen LogP contribution in [0.5, 0.6) is 11.5 Å². The number of esters is 1. The van der Waals surface area contributed by atoms with Crippen LogP contribution in [-0.4, -0.2) is 29.9 Å². The number of thiazole rings is 1. The number of benzene rings is 3. The molecule has 0 amide bonds. The Bertz CT molecular complexity index is 1780. The van der Waals surface area contributed by atoms with E-state index in [9.17, 15) is 18.4 Å². The van der Waals surface area contributed by atoms with Gasteiger partial charge < -0.3 is 14.2 Å². The zero-order chi connectivity index (χ0) is 29.8. The van der Waals surface area contributed by atoms with E-state index in [0.29, 0.717) is 37.5 Å². The molecule has 5 rings (SSSR count). The summed E-state index contributed by atoms with van der Waals surface area (Å²) in [5.41, 5.74) is 2.31. The summed E-state index contributed by atoms with van der Waals surface area (Å²) in [7, 11) is 0. The molecule has 0 spiro atoms. The van der Waals surface area contributed by atoms with Gasteiger partial charge in [0.15, 0.2) is 4.80 Å². The molecule has 1 aliphatic rings. The quantitative estimate of drug-likeness (QED) is 0.247. The first-order valence-corrected chi connectivity index (χ1v) is 14.2. The molecule has 42 heavy (non-hydrogen) atoms.